The van der Waals surface area contributed by atoms with Gasteiger partial charge in [0.05, 0.1) is 12.8 Å². The molecule has 0 radical (unpaired) electrons. The predicted octanol–water partition coefficient (Wildman–Crippen LogP) is 3.63. The van der Waals surface area contributed by atoms with E-state index in [0.717, 1.165) is 22.5 Å². The molecule has 3 rings (SSSR count). The van der Waals surface area contributed by atoms with Gasteiger partial charge in [-0.15, -0.1) is 10.2 Å². The molecular formula is C20H22N4O4S2. The second-order valence-electron chi connectivity index (χ2n) is 6.57. The molecule has 0 aliphatic heterocycles. The molecule has 8 nitrogen and oxygen atoms in total. The average Bonchev–Trinajstić information content (AvgIpc) is 3.17. The summed E-state index contributed by atoms with van der Waals surface area (Å²) >= 11 is 0.809. The van der Waals surface area contributed by atoms with Crippen LogP contribution in [-0.4, -0.2) is 38.2 Å². The molecule has 0 bridgehead atoms. The number of hydrogen-bond donors (Lipinski definition) is 1. The van der Waals surface area contributed by atoms with Crippen LogP contribution in [0.15, 0.2) is 46.8 Å². The van der Waals surface area contributed by atoms with Crippen LogP contribution in [0.4, 0.5) is 10.8 Å². The van der Waals surface area contributed by atoms with Gasteiger partial charge in [-0.25, -0.2) is 0 Å². The number of ether oxygens (including phenoxy) is 1. The minimum Gasteiger partial charge on any atom is -0.497 e. The van der Waals surface area contributed by atoms with Gasteiger partial charge in [-0.2, -0.15) is 8.42 Å². The quantitative estimate of drug-likeness (QED) is 0.556. The molecule has 1 amide bonds. The molecule has 0 aliphatic carbocycles. The Balaban J connectivity index is 1.83. The third-order valence-corrected chi connectivity index (χ3v) is 7.36. The highest BCUT2D eigenvalue weighted by Crippen LogP contribution is 2.29. The number of sulfonamides is 1. The van der Waals surface area contributed by atoms with Gasteiger partial charge in [0, 0.05) is 12.1 Å². The normalized spacial score (nSPS) is 11.2. The molecule has 2 aromatic carbocycles. The summed E-state index contributed by atoms with van der Waals surface area (Å²) in [6.07, 6.45) is 0. The van der Waals surface area contributed by atoms with Crippen LogP contribution in [0.2, 0.25) is 0 Å². The standard InChI is InChI=1S/C20H22N4O4S2/c1-5-24(16-11-13(2)10-14(3)12-16)30(26,27)20-23-22-19(29-20)21-18(25)15-6-8-17(28-4)9-7-15/h6-12H,5H2,1-4H3,(H,21,22,25). The maximum absolute atomic E-state index is 13.1. The summed E-state index contributed by atoms with van der Waals surface area (Å²) in [6, 6.07) is 12.1. The van der Waals surface area contributed by atoms with Crippen LogP contribution in [0.1, 0.15) is 28.4 Å². The first-order chi connectivity index (χ1) is 14.2. The summed E-state index contributed by atoms with van der Waals surface area (Å²) in [5.41, 5.74) is 2.88. The molecule has 10 heteroatoms. The summed E-state index contributed by atoms with van der Waals surface area (Å²) in [7, 11) is -2.38. The smallest absolute Gasteiger partial charge is 0.293 e. The van der Waals surface area contributed by atoms with E-state index in [1.165, 1.54) is 11.4 Å². The van der Waals surface area contributed by atoms with Crippen LogP contribution in [0, 0.1) is 13.8 Å². The fraction of sp³-hybridized carbons (Fsp3) is 0.250. The summed E-state index contributed by atoms with van der Waals surface area (Å²) in [4.78, 5) is 12.4. The maximum atomic E-state index is 13.1. The summed E-state index contributed by atoms with van der Waals surface area (Å²) < 4.78 is 32.4. The van der Waals surface area contributed by atoms with Crippen LogP contribution < -0.4 is 14.4 Å². The number of nitrogens with one attached hydrogen (secondary N) is 1. The van der Waals surface area contributed by atoms with Gasteiger partial charge >= 0.3 is 0 Å². The average molecular weight is 447 g/mol. The van der Waals surface area contributed by atoms with Gasteiger partial charge in [0.1, 0.15) is 5.75 Å². The Morgan fingerprint density at radius 3 is 2.30 bits per heavy atom. The second-order valence-corrected chi connectivity index (χ2v) is 9.58. The fourth-order valence-corrected chi connectivity index (χ4v) is 5.41. The van der Waals surface area contributed by atoms with E-state index >= 15 is 0 Å². The van der Waals surface area contributed by atoms with Crippen molar-refractivity contribution in [1.82, 2.24) is 10.2 Å². The molecule has 0 saturated carbocycles. The Bertz CT molecular complexity index is 1140. The zero-order chi connectivity index (χ0) is 21.9. The zero-order valence-corrected chi connectivity index (χ0v) is 18.7. The lowest BCUT2D eigenvalue weighted by Crippen LogP contribution is -2.30. The number of methoxy groups -OCH3 is 1. The van der Waals surface area contributed by atoms with Crippen molar-refractivity contribution in [2.45, 2.75) is 25.1 Å². The minimum absolute atomic E-state index is 0.103. The molecule has 1 heterocycles. The van der Waals surface area contributed by atoms with Crippen molar-refractivity contribution < 1.29 is 17.9 Å². The Labute approximate surface area is 179 Å². The maximum Gasteiger partial charge on any atom is 0.293 e. The number of amides is 1. The van der Waals surface area contributed by atoms with E-state index in [2.05, 4.69) is 15.5 Å². The molecule has 0 spiro atoms. The van der Waals surface area contributed by atoms with Gasteiger partial charge in [-0.1, -0.05) is 17.4 Å². The Morgan fingerprint density at radius 2 is 1.73 bits per heavy atom. The lowest BCUT2D eigenvalue weighted by molar-refractivity contribution is 0.102. The van der Waals surface area contributed by atoms with Gasteiger partial charge in [0.25, 0.3) is 20.3 Å². The number of carbonyl (C=O) groups is 1. The van der Waals surface area contributed by atoms with Crippen molar-refractivity contribution >= 4 is 38.1 Å². The highest BCUT2D eigenvalue weighted by molar-refractivity contribution is 7.94. The highest BCUT2D eigenvalue weighted by Gasteiger charge is 2.28. The summed E-state index contributed by atoms with van der Waals surface area (Å²) in [5, 5.41) is 10.3. The van der Waals surface area contributed by atoms with E-state index in [-0.39, 0.29) is 16.0 Å². The largest absolute Gasteiger partial charge is 0.497 e. The third-order valence-electron chi connectivity index (χ3n) is 4.27. The van der Waals surface area contributed by atoms with E-state index in [0.29, 0.717) is 17.0 Å². The van der Waals surface area contributed by atoms with Crippen LogP contribution >= 0.6 is 11.3 Å². The van der Waals surface area contributed by atoms with Gasteiger partial charge in [-0.3, -0.25) is 14.4 Å². The van der Waals surface area contributed by atoms with E-state index in [1.807, 2.05) is 19.9 Å². The van der Waals surface area contributed by atoms with Crippen LogP contribution in [-0.2, 0) is 10.0 Å². The number of carbonyl (C=O) groups excluding carboxylic acids is 1. The third kappa shape index (κ3) is 4.60. The molecule has 0 atom stereocenters. The number of aryl methyl sites for hydroxylation is 2. The molecular weight excluding hydrogens is 424 g/mol. The van der Waals surface area contributed by atoms with Gasteiger partial charge in [-0.05, 0) is 68.3 Å². The Kier molecular flexibility index (Phi) is 6.37. The zero-order valence-electron chi connectivity index (χ0n) is 17.0. The molecule has 0 saturated heterocycles. The first-order valence-electron chi connectivity index (χ1n) is 9.14. The molecule has 1 aromatic heterocycles. The van der Waals surface area contributed by atoms with Crippen molar-refractivity contribution in [3.8, 4) is 5.75 Å². The molecule has 30 heavy (non-hydrogen) atoms. The van der Waals surface area contributed by atoms with Crippen molar-refractivity contribution in [3.63, 3.8) is 0 Å². The van der Waals surface area contributed by atoms with Crippen LogP contribution in [0.3, 0.4) is 0 Å². The summed E-state index contributed by atoms with van der Waals surface area (Å²) in [6.45, 7) is 5.81. The van der Waals surface area contributed by atoms with Crippen LogP contribution in [0.5, 0.6) is 5.75 Å². The monoisotopic (exact) mass is 446 g/mol. The SMILES string of the molecule is CCN(c1cc(C)cc(C)c1)S(=O)(=O)c1nnc(NC(=O)c2ccc(OC)cc2)s1. The fourth-order valence-electron chi connectivity index (χ4n) is 2.96. The van der Waals surface area contributed by atoms with E-state index in [4.69, 9.17) is 4.74 Å². The van der Waals surface area contributed by atoms with Crippen molar-refractivity contribution in [2.75, 3.05) is 23.3 Å². The predicted molar refractivity (Wildman–Crippen MR) is 117 cm³/mol. The number of rotatable bonds is 7. The van der Waals surface area contributed by atoms with Gasteiger partial charge in [0.2, 0.25) is 5.13 Å². The lowest BCUT2D eigenvalue weighted by Gasteiger charge is -2.22. The van der Waals surface area contributed by atoms with Gasteiger partial charge < -0.3 is 4.74 Å². The lowest BCUT2D eigenvalue weighted by atomic mass is 10.1. The van der Waals surface area contributed by atoms with Gasteiger partial charge in [0.15, 0.2) is 0 Å². The van der Waals surface area contributed by atoms with Crippen molar-refractivity contribution in [1.29, 1.82) is 0 Å². The Morgan fingerprint density at radius 1 is 1.10 bits per heavy atom. The Hall–Kier alpha value is -2.98. The molecule has 0 fully saturated rings. The molecule has 1 N–H and O–H groups in total. The second kappa shape index (κ2) is 8.80. The number of anilines is 2. The molecule has 0 unspecified atom stereocenters. The van der Waals surface area contributed by atoms with E-state index in [9.17, 15) is 13.2 Å². The number of hydrogen-bond acceptors (Lipinski definition) is 7. The van der Waals surface area contributed by atoms with E-state index < -0.39 is 15.9 Å². The number of benzene rings is 2. The number of nitrogens with zero attached hydrogens (tertiary/aromatic N) is 3. The molecule has 0 aliphatic rings. The first-order valence-corrected chi connectivity index (χ1v) is 11.4. The molecule has 3 aromatic rings. The summed E-state index contributed by atoms with van der Waals surface area (Å²) in [5.74, 6) is 0.210. The first kappa shape index (κ1) is 21.7. The van der Waals surface area contributed by atoms with E-state index in [1.54, 1.807) is 43.3 Å². The highest BCUT2D eigenvalue weighted by atomic mass is 32.2. The number of aromatic nitrogens is 2. The van der Waals surface area contributed by atoms with Crippen molar-refractivity contribution in [3.05, 3.63) is 59.2 Å². The van der Waals surface area contributed by atoms with Crippen LogP contribution in [0.25, 0.3) is 0 Å². The minimum atomic E-state index is -3.92. The van der Waals surface area contributed by atoms with Crippen molar-refractivity contribution in [2.24, 2.45) is 0 Å². The topological polar surface area (TPSA) is 101 Å². The molecule has 158 valence electrons.